The number of thiazole rings is 1. The van der Waals surface area contributed by atoms with E-state index in [1.165, 1.54) is 23.5 Å². The molecule has 0 fully saturated rings. The van der Waals surface area contributed by atoms with E-state index in [1.807, 2.05) is 45.2 Å². The Morgan fingerprint density at radius 3 is 2.48 bits per heavy atom. The molecule has 0 saturated heterocycles. The van der Waals surface area contributed by atoms with Crippen LogP contribution >= 0.6 is 11.3 Å². The average Bonchev–Trinajstić information content (AvgIpc) is 3.21. The van der Waals surface area contributed by atoms with Crippen LogP contribution in [0.5, 0.6) is 0 Å². The zero-order valence-electron chi connectivity index (χ0n) is 15.5. The first-order valence-corrected chi connectivity index (χ1v) is 9.34. The molecule has 0 amide bonds. The Morgan fingerprint density at radius 1 is 1.22 bits per heavy atom. The van der Waals surface area contributed by atoms with E-state index in [9.17, 15) is 10.1 Å². The standard InChI is InChI=1S/C19H20N4O3S/c1-12(2)20-19-22(21-14(4)18-10-5-13(3)26-18)17(11-27-19)15-6-8-16(9-7-15)23(24)25/h5-12H,1-4H3. The number of nitrogens with zero attached hydrogens (tertiary/aromatic N) is 4. The highest BCUT2D eigenvalue weighted by Crippen LogP contribution is 2.23. The van der Waals surface area contributed by atoms with Gasteiger partial charge >= 0.3 is 0 Å². The van der Waals surface area contributed by atoms with Crippen molar-refractivity contribution in [1.29, 1.82) is 0 Å². The predicted molar refractivity (Wildman–Crippen MR) is 106 cm³/mol. The number of nitro groups is 1. The number of furan rings is 1. The zero-order valence-corrected chi connectivity index (χ0v) is 16.4. The molecule has 2 heterocycles. The number of non-ortho nitro benzene ring substituents is 1. The van der Waals surface area contributed by atoms with Gasteiger partial charge < -0.3 is 4.42 Å². The van der Waals surface area contributed by atoms with Crippen molar-refractivity contribution in [3.63, 3.8) is 0 Å². The third-order valence-electron chi connectivity index (χ3n) is 3.77. The Hall–Kier alpha value is -3.00. The van der Waals surface area contributed by atoms with Gasteiger partial charge in [-0.1, -0.05) is 0 Å². The molecule has 0 bridgehead atoms. The van der Waals surface area contributed by atoms with E-state index in [0.29, 0.717) is 5.76 Å². The quantitative estimate of drug-likeness (QED) is 0.366. The summed E-state index contributed by atoms with van der Waals surface area (Å²) in [4.78, 5) is 15.9. The Kier molecular flexibility index (Phi) is 5.36. The van der Waals surface area contributed by atoms with Gasteiger partial charge in [0.2, 0.25) is 4.80 Å². The summed E-state index contributed by atoms with van der Waals surface area (Å²) in [6, 6.07) is 10.3. The molecule has 3 aromatic rings. The molecule has 0 spiro atoms. The van der Waals surface area contributed by atoms with E-state index in [-0.39, 0.29) is 11.7 Å². The van der Waals surface area contributed by atoms with Crippen LogP contribution in [0.2, 0.25) is 0 Å². The number of hydrogen-bond acceptors (Lipinski definition) is 6. The molecule has 0 unspecified atom stereocenters. The topological polar surface area (TPSA) is 85.9 Å². The summed E-state index contributed by atoms with van der Waals surface area (Å²) < 4.78 is 7.42. The third kappa shape index (κ3) is 4.22. The molecule has 3 rings (SSSR count). The molecule has 0 aliphatic rings. The molecule has 2 aromatic heterocycles. The molecular weight excluding hydrogens is 364 g/mol. The largest absolute Gasteiger partial charge is 0.460 e. The molecule has 140 valence electrons. The molecule has 8 heteroatoms. The average molecular weight is 384 g/mol. The minimum absolute atomic E-state index is 0.0540. The van der Waals surface area contributed by atoms with Crippen LogP contribution in [-0.4, -0.2) is 21.4 Å². The summed E-state index contributed by atoms with van der Waals surface area (Å²) in [5, 5.41) is 17.6. The van der Waals surface area contributed by atoms with Gasteiger partial charge in [-0.25, -0.2) is 4.68 Å². The zero-order chi connectivity index (χ0) is 19.6. The van der Waals surface area contributed by atoms with Crippen LogP contribution in [0.4, 0.5) is 5.69 Å². The van der Waals surface area contributed by atoms with Crippen LogP contribution in [0.1, 0.15) is 32.3 Å². The predicted octanol–water partition coefficient (Wildman–Crippen LogP) is 4.61. The fourth-order valence-electron chi connectivity index (χ4n) is 2.49. The van der Waals surface area contributed by atoms with Crippen molar-refractivity contribution in [2.75, 3.05) is 0 Å². The molecule has 0 aliphatic carbocycles. The lowest BCUT2D eigenvalue weighted by Gasteiger charge is -2.06. The van der Waals surface area contributed by atoms with Gasteiger partial charge in [-0.2, -0.15) is 5.10 Å². The van der Waals surface area contributed by atoms with Crippen molar-refractivity contribution >= 4 is 22.7 Å². The van der Waals surface area contributed by atoms with E-state index < -0.39 is 4.92 Å². The smallest absolute Gasteiger partial charge is 0.269 e. The summed E-state index contributed by atoms with van der Waals surface area (Å²) in [5.74, 6) is 1.51. The monoisotopic (exact) mass is 384 g/mol. The van der Waals surface area contributed by atoms with E-state index in [1.54, 1.807) is 16.8 Å². The Balaban J connectivity index is 2.13. The maximum atomic E-state index is 10.9. The number of aryl methyl sites for hydroxylation is 1. The van der Waals surface area contributed by atoms with Crippen molar-refractivity contribution in [3.05, 3.63) is 68.2 Å². The van der Waals surface area contributed by atoms with Crippen LogP contribution in [0.3, 0.4) is 0 Å². The summed E-state index contributed by atoms with van der Waals surface area (Å²) in [6.07, 6.45) is 0. The van der Waals surface area contributed by atoms with Crippen LogP contribution in [0.15, 0.2) is 56.3 Å². The Bertz CT molecular complexity index is 1060. The lowest BCUT2D eigenvalue weighted by Crippen LogP contribution is -2.16. The van der Waals surface area contributed by atoms with Gasteiger partial charge in [-0.3, -0.25) is 15.1 Å². The molecule has 0 aliphatic heterocycles. The summed E-state index contributed by atoms with van der Waals surface area (Å²) in [5.41, 5.74) is 2.42. The first kappa shape index (κ1) is 18.8. The fraction of sp³-hybridized carbons (Fsp3) is 0.263. The summed E-state index contributed by atoms with van der Waals surface area (Å²) in [6.45, 7) is 7.77. The van der Waals surface area contributed by atoms with Crippen molar-refractivity contribution in [1.82, 2.24) is 4.68 Å². The second kappa shape index (κ2) is 7.71. The first-order chi connectivity index (χ1) is 12.8. The van der Waals surface area contributed by atoms with E-state index in [0.717, 1.165) is 27.5 Å². The van der Waals surface area contributed by atoms with E-state index in [2.05, 4.69) is 4.99 Å². The Morgan fingerprint density at radius 2 is 1.93 bits per heavy atom. The molecular formula is C19H20N4O3S. The number of hydrogen-bond donors (Lipinski definition) is 0. The molecule has 0 radical (unpaired) electrons. The third-order valence-corrected chi connectivity index (χ3v) is 4.61. The molecule has 0 saturated carbocycles. The fourth-order valence-corrected chi connectivity index (χ4v) is 3.45. The lowest BCUT2D eigenvalue weighted by molar-refractivity contribution is -0.384. The molecule has 27 heavy (non-hydrogen) atoms. The van der Waals surface area contributed by atoms with Gasteiger partial charge in [-0.05, 0) is 52.0 Å². The lowest BCUT2D eigenvalue weighted by atomic mass is 10.1. The van der Waals surface area contributed by atoms with Gasteiger partial charge in [-0.15, -0.1) is 11.3 Å². The van der Waals surface area contributed by atoms with Crippen molar-refractivity contribution in [3.8, 4) is 11.3 Å². The maximum Gasteiger partial charge on any atom is 0.269 e. The van der Waals surface area contributed by atoms with E-state index in [4.69, 9.17) is 9.52 Å². The van der Waals surface area contributed by atoms with Crippen LogP contribution in [0, 0.1) is 17.0 Å². The maximum absolute atomic E-state index is 10.9. The van der Waals surface area contributed by atoms with Crippen molar-refractivity contribution in [2.45, 2.75) is 33.7 Å². The van der Waals surface area contributed by atoms with Crippen LogP contribution in [-0.2, 0) is 0 Å². The van der Waals surface area contributed by atoms with Gasteiger partial charge in [0, 0.05) is 29.1 Å². The van der Waals surface area contributed by atoms with E-state index >= 15 is 0 Å². The van der Waals surface area contributed by atoms with Gasteiger partial charge in [0.1, 0.15) is 17.2 Å². The normalized spacial score (nSPS) is 12.8. The second-order valence-corrected chi connectivity index (χ2v) is 7.17. The van der Waals surface area contributed by atoms with Gasteiger partial charge in [0.05, 0.1) is 10.6 Å². The molecule has 1 aromatic carbocycles. The van der Waals surface area contributed by atoms with Crippen LogP contribution in [0.25, 0.3) is 11.3 Å². The van der Waals surface area contributed by atoms with Gasteiger partial charge in [0.15, 0.2) is 0 Å². The highest BCUT2D eigenvalue weighted by molar-refractivity contribution is 7.07. The van der Waals surface area contributed by atoms with Crippen LogP contribution < -0.4 is 4.80 Å². The number of aromatic nitrogens is 1. The molecule has 7 nitrogen and oxygen atoms in total. The molecule has 0 N–H and O–H groups in total. The summed E-state index contributed by atoms with van der Waals surface area (Å²) >= 11 is 1.48. The first-order valence-electron chi connectivity index (χ1n) is 8.46. The number of benzene rings is 1. The van der Waals surface area contributed by atoms with Crippen molar-refractivity contribution < 1.29 is 9.34 Å². The van der Waals surface area contributed by atoms with Gasteiger partial charge in [0.25, 0.3) is 5.69 Å². The highest BCUT2D eigenvalue weighted by atomic mass is 32.1. The summed E-state index contributed by atoms with van der Waals surface area (Å²) in [7, 11) is 0. The Labute approximate surface area is 160 Å². The molecule has 0 atom stereocenters. The second-order valence-electron chi connectivity index (χ2n) is 6.34. The highest BCUT2D eigenvalue weighted by Gasteiger charge is 2.12. The minimum Gasteiger partial charge on any atom is -0.460 e. The SMILES string of the molecule is CC(=Nn1c(-c2ccc([N+](=O)[O-])cc2)csc1=NC(C)C)c1ccc(C)o1. The number of rotatable bonds is 5. The van der Waals surface area contributed by atoms with Crippen molar-refractivity contribution in [2.24, 2.45) is 10.1 Å². The number of nitro benzene ring substituents is 1. The minimum atomic E-state index is -0.410.